The summed E-state index contributed by atoms with van der Waals surface area (Å²) < 4.78 is 10.3. The summed E-state index contributed by atoms with van der Waals surface area (Å²) in [6.07, 6.45) is 0.907. The molecule has 0 unspecified atom stereocenters. The molecule has 0 saturated carbocycles. The van der Waals surface area contributed by atoms with Gasteiger partial charge in [0.2, 0.25) is 0 Å². The number of ether oxygens (including phenoxy) is 2. The molecule has 19 heavy (non-hydrogen) atoms. The van der Waals surface area contributed by atoms with Gasteiger partial charge in [-0.2, -0.15) is 7.11 Å². The molecule has 0 bridgehead atoms. The van der Waals surface area contributed by atoms with Gasteiger partial charge in [0.15, 0.2) is 0 Å². The second kappa shape index (κ2) is 8.01. The number of benzene rings is 2. The third-order valence-corrected chi connectivity index (χ3v) is 2.73. The van der Waals surface area contributed by atoms with E-state index < -0.39 is 0 Å². The summed E-state index contributed by atoms with van der Waals surface area (Å²) >= 11 is 0. The molecule has 0 aliphatic heterocycles. The van der Waals surface area contributed by atoms with Crippen molar-refractivity contribution in [2.75, 3.05) is 6.61 Å². The number of hydrogen-bond donors (Lipinski definition) is 0. The molecule has 2 rings (SSSR count). The fourth-order valence-corrected chi connectivity index (χ4v) is 1.81. The van der Waals surface area contributed by atoms with Crippen molar-refractivity contribution in [2.45, 2.75) is 13.3 Å². The standard InChI is InChI=1S/C16H17O2.W/c1-3-18-16-10-6-14(7-11-16)12-13-4-8-15(17-2)9-5-13;/h4-11H,2-3,12H2,1H3;/q-1;. The maximum absolute atomic E-state index is 5.42. The minimum atomic E-state index is 0. The van der Waals surface area contributed by atoms with Gasteiger partial charge in [0.1, 0.15) is 5.75 Å². The Morgan fingerprint density at radius 1 is 0.842 bits per heavy atom. The molecule has 0 radical (unpaired) electrons. The molecule has 3 heteroatoms. The summed E-state index contributed by atoms with van der Waals surface area (Å²) in [7, 11) is 3.38. The van der Waals surface area contributed by atoms with Crippen molar-refractivity contribution < 1.29 is 30.5 Å². The summed E-state index contributed by atoms with van der Waals surface area (Å²) in [4.78, 5) is 0. The molecule has 0 fully saturated rings. The van der Waals surface area contributed by atoms with E-state index in [-0.39, 0.29) is 21.1 Å². The molecule has 100 valence electrons. The van der Waals surface area contributed by atoms with Crippen LogP contribution in [0.4, 0.5) is 0 Å². The topological polar surface area (TPSA) is 18.5 Å². The summed E-state index contributed by atoms with van der Waals surface area (Å²) in [5.74, 6) is 1.70. The van der Waals surface area contributed by atoms with E-state index in [2.05, 4.69) is 31.4 Å². The van der Waals surface area contributed by atoms with E-state index in [1.807, 2.05) is 31.2 Å². The zero-order valence-corrected chi connectivity index (χ0v) is 13.9. The predicted molar refractivity (Wildman–Crippen MR) is 72.8 cm³/mol. The van der Waals surface area contributed by atoms with E-state index in [1.54, 1.807) is 0 Å². The van der Waals surface area contributed by atoms with Gasteiger partial charge in [-0.15, -0.1) is 0 Å². The molecule has 0 atom stereocenters. The number of rotatable bonds is 5. The summed E-state index contributed by atoms with van der Waals surface area (Å²) in [5, 5.41) is 0. The fourth-order valence-electron chi connectivity index (χ4n) is 1.81. The monoisotopic (exact) mass is 425 g/mol. The fraction of sp³-hybridized carbons (Fsp3) is 0.188. The molecular weight excluding hydrogens is 408 g/mol. The first-order valence-corrected chi connectivity index (χ1v) is 6.04. The molecule has 2 aromatic rings. The molecule has 0 spiro atoms. The smallest absolute Gasteiger partial charge is 0.119 e. The van der Waals surface area contributed by atoms with Crippen molar-refractivity contribution in [1.29, 1.82) is 0 Å². The minimum Gasteiger partial charge on any atom is -0.665 e. The molecule has 2 nitrogen and oxygen atoms in total. The quantitative estimate of drug-likeness (QED) is 0.678. The molecule has 0 aliphatic rings. The molecule has 0 aromatic heterocycles. The molecule has 2 aromatic carbocycles. The zero-order chi connectivity index (χ0) is 12.8. The van der Waals surface area contributed by atoms with Gasteiger partial charge in [-0.05, 0) is 48.7 Å². The maximum Gasteiger partial charge on any atom is 0.119 e. The third kappa shape index (κ3) is 4.72. The van der Waals surface area contributed by atoms with Crippen molar-refractivity contribution in [3.8, 4) is 11.5 Å². The van der Waals surface area contributed by atoms with Gasteiger partial charge < -0.3 is 9.47 Å². The van der Waals surface area contributed by atoms with Gasteiger partial charge in [-0.3, -0.25) is 0 Å². The third-order valence-electron chi connectivity index (χ3n) is 2.73. The van der Waals surface area contributed by atoms with Crippen molar-refractivity contribution in [3.05, 3.63) is 66.8 Å². The SMILES string of the molecule is [CH2-]Oc1ccc(Cc2ccc(OCC)cc2)cc1.[W]. The van der Waals surface area contributed by atoms with Gasteiger partial charge in [-0.25, -0.2) is 0 Å². The normalized spacial score (nSPS) is 9.58. The predicted octanol–water partition coefficient (Wildman–Crippen LogP) is 3.84. The summed E-state index contributed by atoms with van der Waals surface area (Å²) in [6.45, 7) is 2.69. The molecule has 0 N–H and O–H groups in total. The molecule has 0 heterocycles. The Morgan fingerprint density at radius 2 is 1.32 bits per heavy atom. The van der Waals surface area contributed by atoms with Crippen LogP contribution in [0.15, 0.2) is 48.5 Å². The van der Waals surface area contributed by atoms with Crippen molar-refractivity contribution in [3.63, 3.8) is 0 Å². The summed E-state index contributed by atoms with van der Waals surface area (Å²) in [5.41, 5.74) is 2.52. The Balaban J connectivity index is 0.00000180. The van der Waals surface area contributed by atoms with Crippen LogP contribution in [0.5, 0.6) is 11.5 Å². The van der Waals surface area contributed by atoms with Crippen LogP contribution in [0.1, 0.15) is 18.1 Å². The average Bonchev–Trinajstić information content (AvgIpc) is 2.42. The molecular formula is C16H17O2W-. The number of hydrogen-bond acceptors (Lipinski definition) is 2. The first kappa shape index (κ1) is 15.8. The van der Waals surface area contributed by atoms with Crippen molar-refractivity contribution >= 4 is 0 Å². The van der Waals surface area contributed by atoms with Crippen LogP contribution in [-0.4, -0.2) is 6.61 Å². The first-order chi connectivity index (χ1) is 8.81. The van der Waals surface area contributed by atoms with Crippen LogP contribution in [0.2, 0.25) is 0 Å². The molecule has 0 saturated heterocycles. The van der Waals surface area contributed by atoms with Gasteiger partial charge in [0.05, 0.1) is 12.4 Å². The van der Waals surface area contributed by atoms with E-state index in [0.717, 1.165) is 17.9 Å². The Morgan fingerprint density at radius 3 is 1.74 bits per heavy atom. The summed E-state index contributed by atoms with van der Waals surface area (Å²) in [6, 6.07) is 16.2. The van der Waals surface area contributed by atoms with E-state index >= 15 is 0 Å². The first-order valence-electron chi connectivity index (χ1n) is 6.04. The van der Waals surface area contributed by atoms with Gasteiger partial charge in [0, 0.05) is 21.1 Å². The van der Waals surface area contributed by atoms with Crippen LogP contribution in [0.3, 0.4) is 0 Å². The molecule has 0 amide bonds. The van der Waals surface area contributed by atoms with E-state index in [9.17, 15) is 0 Å². The van der Waals surface area contributed by atoms with Gasteiger partial charge >= 0.3 is 0 Å². The Bertz CT molecular complexity index is 477. The van der Waals surface area contributed by atoms with E-state index in [0.29, 0.717) is 6.61 Å². The Hall–Kier alpha value is -1.27. The zero-order valence-electron chi connectivity index (χ0n) is 11.0. The average molecular weight is 425 g/mol. The van der Waals surface area contributed by atoms with Crippen LogP contribution in [0, 0.1) is 7.11 Å². The van der Waals surface area contributed by atoms with Gasteiger partial charge in [0.25, 0.3) is 0 Å². The Kier molecular flexibility index (Phi) is 6.66. The Labute approximate surface area is 129 Å². The second-order valence-corrected chi connectivity index (χ2v) is 4.04. The van der Waals surface area contributed by atoms with Crippen LogP contribution in [-0.2, 0) is 27.5 Å². The largest absolute Gasteiger partial charge is 0.665 e. The van der Waals surface area contributed by atoms with E-state index in [4.69, 9.17) is 9.47 Å². The second-order valence-electron chi connectivity index (χ2n) is 4.04. The van der Waals surface area contributed by atoms with Crippen molar-refractivity contribution in [1.82, 2.24) is 0 Å². The maximum atomic E-state index is 5.42. The molecule has 0 aliphatic carbocycles. The van der Waals surface area contributed by atoms with E-state index in [1.165, 1.54) is 11.1 Å². The van der Waals surface area contributed by atoms with Crippen LogP contribution in [0.25, 0.3) is 0 Å². The van der Waals surface area contributed by atoms with Gasteiger partial charge in [-0.1, -0.05) is 24.3 Å². The van der Waals surface area contributed by atoms with Crippen LogP contribution >= 0.6 is 0 Å². The van der Waals surface area contributed by atoms with Crippen molar-refractivity contribution in [2.24, 2.45) is 0 Å². The minimum absolute atomic E-state index is 0. The van der Waals surface area contributed by atoms with Crippen LogP contribution < -0.4 is 9.47 Å².